The number of nitrogens with two attached hydrogens (primary N) is 1. The maximum Gasteiger partial charge on any atom is 0.330 e. The summed E-state index contributed by atoms with van der Waals surface area (Å²) in [5, 5.41) is 1.76. The first kappa shape index (κ1) is 12.5. The second-order valence-electron chi connectivity index (χ2n) is 5.15. The van der Waals surface area contributed by atoms with Crippen molar-refractivity contribution < 1.29 is 9.63 Å². The molecule has 0 unspecified atom stereocenters. The van der Waals surface area contributed by atoms with Crippen molar-refractivity contribution in [3.8, 4) is 0 Å². The Kier molecular flexibility index (Phi) is 4.11. The Bertz CT molecular complexity index is 223. The molecule has 0 bridgehead atoms. The quantitative estimate of drug-likeness (QED) is 0.753. The molecule has 1 aliphatic heterocycles. The number of hydroxylamine groups is 2. The molecule has 1 heterocycles. The highest BCUT2D eigenvalue weighted by Crippen LogP contribution is 2.21. The zero-order valence-corrected chi connectivity index (χ0v) is 9.95. The van der Waals surface area contributed by atoms with Crippen LogP contribution in [-0.4, -0.2) is 30.2 Å². The number of piperidine rings is 1. The van der Waals surface area contributed by atoms with E-state index in [0.717, 1.165) is 19.4 Å². The Labute approximate surface area is 91.7 Å². The first-order valence-electron chi connectivity index (χ1n) is 5.64. The molecule has 1 atom stereocenters. The summed E-state index contributed by atoms with van der Waals surface area (Å²) in [7, 11) is 0. The summed E-state index contributed by atoms with van der Waals surface area (Å²) in [6, 6.07) is 0.199. The SMILES string of the molecule is CC(C)(C)C(=O)ON1CCCC[C@H]1CN. The van der Waals surface area contributed by atoms with Crippen molar-refractivity contribution in [3.63, 3.8) is 0 Å². The summed E-state index contributed by atoms with van der Waals surface area (Å²) >= 11 is 0. The molecular weight excluding hydrogens is 192 g/mol. The zero-order valence-electron chi connectivity index (χ0n) is 9.95. The lowest BCUT2D eigenvalue weighted by Gasteiger charge is -2.34. The molecule has 2 N–H and O–H groups in total. The summed E-state index contributed by atoms with van der Waals surface area (Å²) < 4.78 is 0. The van der Waals surface area contributed by atoms with Gasteiger partial charge in [-0.1, -0.05) is 6.42 Å². The van der Waals surface area contributed by atoms with Crippen LogP contribution in [0.4, 0.5) is 0 Å². The molecule has 15 heavy (non-hydrogen) atoms. The van der Waals surface area contributed by atoms with Gasteiger partial charge in [0.2, 0.25) is 0 Å². The van der Waals surface area contributed by atoms with Crippen molar-refractivity contribution in [2.24, 2.45) is 11.1 Å². The summed E-state index contributed by atoms with van der Waals surface area (Å²) in [6.45, 7) is 6.94. The number of carbonyl (C=O) groups is 1. The van der Waals surface area contributed by atoms with E-state index in [-0.39, 0.29) is 12.0 Å². The number of rotatable bonds is 2. The van der Waals surface area contributed by atoms with E-state index in [0.29, 0.717) is 6.54 Å². The molecule has 1 rings (SSSR count). The maximum absolute atomic E-state index is 11.7. The molecule has 1 aliphatic rings. The fourth-order valence-corrected chi connectivity index (χ4v) is 1.57. The molecule has 0 amide bonds. The first-order chi connectivity index (χ1) is 6.95. The standard InChI is InChI=1S/C11H22N2O2/c1-11(2,3)10(14)15-13-7-5-4-6-9(13)8-12/h9H,4-8,12H2,1-3H3/t9-/m0/s1. The van der Waals surface area contributed by atoms with Gasteiger partial charge in [-0.15, -0.1) is 5.06 Å². The predicted octanol–water partition coefficient (Wildman–Crippen LogP) is 1.30. The topological polar surface area (TPSA) is 55.6 Å². The van der Waals surface area contributed by atoms with E-state index in [1.165, 1.54) is 6.42 Å². The van der Waals surface area contributed by atoms with Crippen LogP contribution in [0.25, 0.3) is 0 Å². The lowest BCUT2D eigenvalue weighted by Crippen LogP contribution is -2.46. The normalized spacial score (nSPS) is 23.9. The van der Waals surface area contributed by atoms with Crippen LogP contribution in [0, 0.1) is 5.41 Å². The molecule has 4 heteroatoms. The van der Waals surface area contributed by atoms with Gasteiger partial charge in [-0.3, -0.25) is 0 Å². The minimum atomic E-state index is -0.448. The Morgan fingerprint density at radius 2 is 2.13 bits per heavy atom. The molecule has 0 saturated carbocycles. The van der Waals surface area contributed by atoms with Gasteiger partial charge in [-0.05, 0) is 33.6 Å². The highest BCUT2D eigenvalue weighted by Gasteiger charge is 2.30. The number of carbonyl (C=O) groups excluding carboxylic acids is 1. The van der Waals surface area contributed by atoms with Gasteiger partial charge >= 0.3 is 5.97 Å². The zero-order chi connectivity index (χ0) is 11.5. The van der Waals surface area contributed by atoms with Crippen molar-refractivity contribution in [3.05, 3.63) is 0 Å². The predicted molar refractivity (Wildman–Crippen MR) is 58.9 cm³/mol. The lowest BCUT2D eigenvalue weighted by atomic mass is 9.97. The summed E-state index contributed by atoms with van der Waals surface area (Å²) in [5.74, 6) is -0.178. The molecule has 88 valence electrons. The highest BCUT2D eigenvalue weighted by atomic mass is 16.7. The lowest BCUT2D eigenvalue weighted by molar-refractivity contribution is -0.215. The van der Waals surface area contributed by atoms with Crippen LogP contribution in [0.15, 0.2) is 0 Å². The van der Waals surface area contributed by atoms with Gasteiger partial charge in [0, 0.05) is 13.1 Å². The summed E-state index contributed by atoms with van der Waals surface area (Å²) in [5.41, 5.74) is 5.20. The maximum atomic E-state index is 11.7. The second kappa shape index (κ2) is 4.94. The molecule has 0 aromatic rings. The van der Waals surface area contributed by atoms with Gasteiger partial charge in [0.25, 0.3) is 0 Å². The third-order valence-electron chi connectivity index (χ3n) is 2.66. The third-order valence-corrected chi connectivity index (χ3v) is 2.66. The Hall–Kier alpha value is -0.610. The fourth-order valence-electron chi connectivity index (χ4n) is 1.57. The molecular formula is C11H22N2O2. The summed E-state index contributed by atoms with van der Waals surface area (Å²) in [6.07, 6.45) is 3.27. The van der Waals surface area contributed by atoms with Crippen LogP contribution in [0.3, 0.4) is 0 Å². The van der Waals surface area contributed by atoms with E-state index in [2.05, 4.69) is 0 Å². The molecule has 1 fully saturated rings. The van der Waals surface area contributed by atoms with Gasteiger partial charge < -0.3 is 10.6 Å². The van der Waals surface area contributed by atoms with E-state index < -0.39 is 5.41 Å². The van der Waals surface area contributed by atoms with E-state index in [4.69, 9.17) is 10.6 Å². The molecule has 0 radical (unpaired) electrons. The van der Waals surface area contributed by atoms with Crippen molar-refractivity contribution in [1.82, 2.24) is 5.06 Å². The number of hydrogen-bond donors (Lipinski definition) is 1. The van der Waals surface area contributed by atoms with Crippen LogP contribution in [0.5, 0.6) is 0 Å². The third kappa shape index (κ3) is 3.47. The van der Waals surface area contributed by atoms with Gasteiger partial charge in [0.15, 0.2) is 0 Å². The monoisotopic (exact) mass is 214 g/mol. The molecule has 0 aliphatic carbocycles. The first-order valence-corrected chi connectivity index (χ1v) is 5.64. The Morgan fingerprint density at radius 3 is 2.67 bits per heavy atom. The van der Waals surface area contributed by atoms with E-state index in [1.54, 1.807) is 5.06 Å². The van der Waals surface area contributed by atoms with E-state index in [9.17, 15) is 4.79 Å². The minimum Gasteiger partial charge on any atom is -0.367 e. The Morgan fingerprint density at radius 1 is 1.47 bits per heavy atom. The van der Waals surface area contributed by atoms with E-state index in [1.807, 2.05) is 20.8 Å². The summed E-state index contributed by atoms with van der Waals surface area (Å²) in [4.78, 5) is 17.1. The highest BCUT2D eigenvalue weighted by molar-refractivity contribution is 5.75. The van der Waals surface area contributed by atoms with Gasteiger partial charge in [-0.2, -0.15) is 0 Å². The largest absolute Gasteiger partial charge is 0.367 e. The minimum absolute atomic E-state index is 0.178. The van der Waals surface area contributed by atoms with Crippen molar-refractivity contribution >= 4 is 5.97 Å². The van der Waals surface area contributed by atoms with Crippen molar-refractivity contribution in [1.29, 1.82) is 0 Å². The second-order valence-corrected chi connectivity index (χ2v) is 5.15. The number of nitrogens with zero attached hydrogens (tertiary/aromatic N) is 1. The van der Waals surface area contributed by atoms with Crippen LogP contribution >= 0.6 is 0 Å². The van der Waals surface area contributed by atoms with Gasteiger partial charge in [0.05, 0.1) is 11.5 Å². The smallest absolute Gasteiger partial charge is 0.330 e. The van der Waals surface area contributed by atoms with Gasteiger partial charge in [0.1, 0.15) is 0 Å². The average molecular weight is 214 g/mol. The molecule has 0 aromatic heterocycles. The average Bonchev–Trinajstić information content (AvgIpc) is 2.17. The van der Waals surface area contributed by atoms with Crippen LogP contribution in [0.1, 0.15) is 40.0 Å². The van der Waals surface area contributed by atoms with Crippen molar-refractivity contribution in [2.45, 2.75) is 46.1 Å². The molecule has 1 saturated heterocycles. The van der Waals surface area contributed by atoms with E-state index >= 15 is 0 Å². The van der Waals surface area contributed by atoms with Crippen LogP contribution in [-0.2, 0) is 9.63 Å². The fraction of sp³-hybridized carbons (Fsp3) is 0.909. The van der Waals surface area contributed by atoms with Gasteiger partial charge in [-0.25, -0.2) is 4.79 Å². The molecule has 0 spiro atoms. The van der Waals surface area contributed by atoms with Crippen LogP contribution < -0.4 is 5.73 Å². The molecule has 4 nitrogen and oxygen atoms in total. The Balaban J connectivity index is 2.52. The number of hydrogen-bond acceptors (Lipinski definition) is 4. The van der Waals surface area contributed by atoms with Crippen LogP contribution in [0.2, 0.25) is 0 Å². The van der Waals surface area contributed by atoms with Crippen molar-refractivity contribution in [2.75, 3.05) is 13.1 Å². The molecule has 0 aromatic carbocycles.